The minimum Gasteiger partial charge on any atom is -0.352 e. The smallest absolute Gasteiger partial charge is 0.237 e. The first-order valence-corrected chi connectivity index (χ1v) is 6.63. The first kappa shape index (κ1) is 11.9. The van der Waals surface area contributed by atoms with Crippen LogP contribution in [-0.2, 0) is 4.79 Å². The van der Waals surface area contributed by atoms with Crippen LogP contribution in [0.5, 0.6) is 0 Å². The van der Waals surface area contributed by atoms with Gasteiger partial charge in [-0.15, -0.1) is 0 Å². The Hall–Kier alpha value is -0.570. The van der Waals surface area contributed by atoms with Gasteiger partial charge in [-0.25, -0.2) is 0 Å². The van der Waals surface area contributed by atoms with Crippen LogP contribution in [0.4, 0.5) is 0 Å². The van der Waals surface area contributed by atoms with Crippen LogP contribution in [0.2, 0.25) is 0 Å². The lowest BCUT2D eigenvalue weighted by Crippen LogP contribution is -2.46. The molecule has 0 radical (unpaired) electrons. The van der Waals surface area contributed by atoms with Crippen LogP contribution in [0.15, 0.2) is 0 Å². The maximum Gasteiger partial charge on any atom is 0.237 e. The van der Waals surface area contributed by atoms with Gasteiger partial charge >= 0.3 is 0 Å². The molecule has 0 spiro atoms. The van der Waals surface area contributed by atoms with E-state index in [-0.39, 0.29) is 11.9 Å². The summed E-state index contributed by atoms with van der Waals surface area (Å²) in [6, 6.07) is 0.395. The molecule has 0 bridgehead atoms. The second kappa shape index (κ2) is 4.74. The Kier molecular flexibility index (Phi) is 3.53. The second-order valence-electron chi connectivity index (χ2n) is 5.90. The fourth-order valence-electron chi connectivity index (χ4n) is 2.28. The van der Waals surface area contributed by atoms with E-state index < -0.39 is 0 Å². The highest BCUT2D eigenvalue weighted by Gasteiger charge is 2.37. The molecule has 2 fully saturated rings. The largest absolute Gasteiger partial charge is 0.352 e. The van der Waals surface area contributed by atoms with Crippen molar-refractivity contribution in [3.05, 3.63) is 0 Å². The van der Waals surface area contributed by atoms with Gasteiger partial charge in [-0.2, -0.15) is 0 Å². The van der Waals surface area contributed by atoms with E-state index in [1.165, 1.54) is 25.7 Å². The van der Waals surface area contributed by atoms with E-state index in [1.54, 1.807) is 0 Å². The maximum absolute atomic E-state index is 11.9. The standard InChI is InChI=1S/C13H24N2O/c1-10(14-9-13(2)7-8-13)12(16)15-11-5-3-4-6-11/h10-11,14H,3-9H2,1-2H3,(H,15,16). The molecule has 3 nitrogen and oxygen atoms in total. The molecular formula is C13H24N2O. The van der Waals surface area contributed by atoms with Crippen molar-refractivity contribution in [1.82, 2.24) is 10.6 Å². The molecule has 2 aliphatic rings. The molecule has 16 heavy (non-hydrogen) atoms. The molecule has 2 saturated carbocycles. The average Bonchev–Trinajstić information content (AvgIpc) is 2.78. The predicted octanol–water partition coefficient (Wildman–Crippen LogP) is 1.82. The highest BCUT2D eigenvalue weighted by Crippen LogP contribution is 2.44. The number of hydrogen-bond donors (Lipinski definition) is 2. The van der Waals surface area contributed by atoms with E-state index in [0.29, 0.717) is 11.5 Å². The third kappa shape index (κ3) is 3.21. The molecular weight excluding hydrogens is 200 g/mol. The molecule has 0 aromatic carbocycles. The van der Waals surface area contributed by atoms with Gasteiger partial charge in [-0.05, 0) is 38.0 Å². The van der Waals surface area contributed by atoms with Gasteiger partial charge < -0.3 is 10.6 Å². The number of amides is 1. The first-order chi connectivity index (χ1) is 7.59. The van der Waals surface area contributed by atoms with Crippen molar-refractivity contribution in [3.63, 3.8) is 0 Å². The van der Waals surface area contributed by atoms with Gasteiger partial charge in [0.25, 0.3) is 0 Å². The summed E-state index contributed by atoms with van der Waals surface area (Å²) in [7, 11) is 0. The SMILES string of the molecule is CC(NCC1(C)CC1)C(=O)NC1CCCC1. The zero-order chi connectivity index (χ0) is 11.6. The molecule has 0 aliphatic heterocycles. The molecule has 92 valence electrons. The van der Waals surface area contributed by atoms with Gasteiger partial charge in [-0.1, -0.05) is 19.8 Å². The van der Waals surface area contributed by atoms with Crippen LogP contribution >= 0.6 is 0 Å². The molecule has 3 heteroatoms. The molecule has 1 atom stereocenters. The fraction of sp³-hybridized carbons (Fsp3) is 0.923. The number of rotatable bonds is 5. The molecule has 1 unspecified atom stereocenters. The minimum atomic E-state index is -0.0435. The molecule has 1 amide bonds. The van der Waals surface area contributed by atoms with Gasteiger partial charge in [-0.3, -0.25) is 4.79 Å². The summed E-state index contributed by atoms with van der Waals surface area (Å²) in [6.45, 7) is 5.23. The number of carbonyl (C=O) groups excluding carboxylic acids is 1. The second-order valence-corrected chi connectivity index (χ2v) is 5.90. The van der Waals surface area contributed by atoms with Crippen LogP contribution in [0.3, 0.4) is 0 Å². The Morgan fingerprint density at radius 3 is 2.56 bits per heavy atom. The van der Waals surface area contributed by atoms with Crippen molar-refractivity contribution >= 4 is 5.91 Å². The van der Waals surface area contributed by atoms with Gasteiger partial charge in [0.1, 0.15) is 0 Å². The third-order valence-corrected chi connectivity index (χ3v) is 4.03. The zero-order valence-corrected chi connectivity index (χ0v) is 10.5. The monoisotopic (exact) mass is 224 g/mol. The summed E-state index contributed by atoms with van der Waals surface area (Å²) in [4.78, 5) is 11.9. The summed E-state index contributed by atoms with van der Waals surface area (Å²) in [5, 5.41) is 6.48. The molecule has 0 aromatic rings. The van der Waals surface area contributed by atoms with Gasteiger partial charge in [0, 0.05) is 12.6 Å². The number of nitrogens with one attached hydrogen (secondary N) is 2. The van der Waals surface area contributed by atoms with Crippen LogP contribution < -0.4 is 10.6 Å². The lowest BCUT2D eigenvalue weighted by Gasteiger charge is -2.19. The zero-order valence-electron chi connectivity index (χ0n) is 10.5. The van der Waals surface area contributed by atoms with E-state index in [2.05, 4.69) is 17.6 Å². The molecule has 0 heterocycles. The average molecular weight is 224 g/mol. The molecule has 0 saturated heterocycles. The first-order valence-electron chi connectivity index (χ1n) is 6.63. The Labute approximate surface area is 98.4 Å². The normalized spacial score (nSPS) is 25.4. The number of carbonyl (C=O) groups is 1. The predicted molar refractivity (Wildman–Crippen MR) is 65.2 cm³/mol. The van der Waals surface area contributed by atoms with E-state index in [9.17, 15) is 4.79 Å². The summed E-state index contributed by atoms with van der Waals surface area (Å²) >= 11 is 0. The lowest BCUT2D eigenvalue weighted by molar-refractivity contribution is -0.123. The molecule has 2 N–H and O–H groups in total. The Morgan fingerprint density at radius 1 is 1.38 bits per heavy atom. The quantitative estimate of drug-likeness (QED) is 0.748. The highest BCUT2D eigenvalue weighted by molar-refractivity contribution is 5.81. The summed E-state index contributed by atoms with van der Waals surface area (Å²) in [6.07, 6.45) is 7.47. The van der Waals surface area contributed by atoms with Gasteiger partial charge in [0.15, 0.2) is 0 Å². The topological polar surface area (TPSA) is 41.1 Å². The molecule has 0 aromatic heterocycles. The highest BCUT2D eigenvalue weighted by atomic mass is 16.2. The minimum absolute atomic E-state index is 0.0435. The maximum atomic E-state index is 11.9. The molecule has 2 aliphatic carbocycles. The Morgan fingerprint density at radius 2 is 2.00 bits per heavy atom. The van der Waals surface area contributed by atoms with E-state index in [4.69, 9.17) is 0 Å². The Balaban J connectivity index is 1.66. The van der Waals surface area contributed by atoms with Crippen molar-refractivity contribution in [1.29, 1.82) is 0 Å². The van der Waals surface area contributed by atoms with Crippen molar-refractivity contribution in [2.24, 2.45) is 5.41 Å². The van der Waals surface area contributed by atoms with Gasteiger partial charge in [0.2, 0.25) is 5.91 Å². The van der Waals surface area contributed by atoms with Crippen LogP contribution in [0, 0.1) is 5.41 Å². The van der Waals surface area contributed by atoms with Crippen molar-refractivity contribution in [2.45, 2.75) is 64.5 Å². The van der Waals surface area contributed by atoms with Crippen LogP contribution in [0.25, 0.3) is 0 Å². The lowest BCUT2D eigenvalue weighted by atomic mass is 10.1. The van der Waals surface area contributed by atoms with Crippen molar-refractivity contribution in [2.75, 3.05) is 6.54 Å². The fourth-order valence-corrected chi connectivity index (χ4v) is 2.28. The van der Waals surface area contributed by atoms with Crippen molar-refractivity contribution in [3.8, 4) is 0 Å². The van der Waals surface area contributed by atoms with Crippen molar-refractivity contribution < 1.29 is 4.79 Å². The summed E-state index contributed by atoms with van der Waals surface area (Å²) in [5.41, 5.74) is 0.474. The van der Waals surface area contributed by atoms with Gasteiger partial charge in [0.05, 0.1) is 6.04 Å². The van der Waals surface area contributed by atoms with Crippen LogP contribution in [-0.4, -0.2) is 24.5 Å². The van der Waals surface area contributed by atoms with E-state index in [0.717, 1.165) is 19.4 Å². The summed E-state index contributed by atoms with van der Waals surface area (Å²) < 4.78 is 0. The molecule has 2 rings (SSSR count). The third-order valence-electron chi connectivity index (χ3n) is 4.03. The number of hydrogen-bond acceptors (Lipinski definition) is 2. The van der Waals surface area contributed by atoms with E-state index >= 15 is 0 Å². The Bertz CT molecular complexity index is 255. The van der Waals surface area contributed by atoms with E-state index in [1.807, 2.05) is 6.92 Å². The van der Waals surface area contributed by atoms with Crippen LogP contribution in [0.1, 0.15) is 52.4 Å². The summed E-state index contributed by atoms with van der Waals surface area (Å²) in [5.74, 6) is 0.177.